The summed E-state index contributed by atoms with van der Waals surface area (Å²) in [4.78, 5) is 12.2. The highest BCUT2D eigenvalue weighted by Gasteiger charge is 2.12. The van der Waals surface area contributed by atoms with Gasteiger partial charge < -0.3 is 9.47 Å². The standard InChI is InChI=1S/C22H19ClO3/c1-16-7-10-20(11-8-16)25-15-22(24)26-21-12-9-19(23)14-18(21)13-17-5-3-2-4-6-17/h2-12,14H,13,15H2,1H3. The first kappa shape index (κ1) is 18.0. The third-order valence-corrected chi connectivity index (χ3v) is 4.10. The molecule has 3 rings (SSSR count). The lowest BCUT2D eigenvalue weighted by atomic mass is 10.0. The first-order valence-corrected chi connectivity index (χ1v) is 8.70. The van der Waals surface area contributed by atoms with Crippen LogP contribution in [0.2, 0.25) is 5.02 Å². The van der Waals surface area contributed by atoms with Crippen LogP contribution in [-0.2, 0) is 11.2 Å². The molecule has 0 saturated heterocycles. The van der Waals surface area contributed by atoms with Crippen LogP contribution in [0.25, 0.3) is 0 Å². The van der Waals surface area contributed by atoms with Gasteiger partial charge in [0.25, 0.3) is 0 Å². The van der Waals surface area contributed by atoms with E-state index in [0.29, 0.717) is 22.9 Å². The zero-order valence-corrected chi connectivity index (χ0v) is 15.2. The Morgan fingerprint density at radius 1 is 0.962 bits per heavy atom. The number of esters is 1. The minimum atomic E-state index is -0.456. The van der Waals surface area contributed by atoms with E-state index in [2.05, 4.69) is 0 Å². The largest absolute Gasteiger partial charge is 0.482 e. The maximum Gasteiger partial charge on any atom is 0.349 e. The second-order valence-electron chi connectivity index (χ2n) is 5.99. The predicted octanol–water partition coefficient (Wildman–Crippen LogP) is 5.22. The maximum absolute atomic E-state index is 12.2. The van der Waals surface area contributed by atoms with Crippen molar-refractivity contribution in [1.29, 1.82) is 0 Å². The van der Waals surface area contributed by atoms with Gasteiger partial charge in [-0.1, -0.05) is 59.6 Å². The molecule has 0 atom stereocenters. The Morgan fingerprint density at radius 2 is 1.69 bits per heavy atom. The Balaban J connectivity index is 1.66. The van der Waals surface area contributed by atoms with Crippen LogP contribution in [0.4, 0.5) is 0 Å². The number of carbonyl (C=O) groups excluding carboxylic acids is 1. The van der Waals surface area contributed by atoms with Gasteiger partial charge in [-0.05, 0) is 42.8 Å². The molecule has 3 nitrogen and oxygen atoms in total. The van der Waals surface area contributed by atoms with Gasteiger partial charge in [0, 0.05) is 17.0 Å². The molecule has 0 aliphatic heterocycles. The van der Waals surface area contributed by atoms with Crippen molar-refractivity contribution >= 4 is 17.6 Å². The number of carbonyl (C=O) groups is 1. The minimum absolute atomic E-state index is 0.156. The Labute approximate surface area is 158 Å². The molecule has 0 spiro atoms. The van der Waals surface area contributed by atoms with E-state index in [1.807, 2.05) is 67.6 Å². The van der Waals surface area contributed by atoms with Crippen molar-refractivity contribution in [2.45, 2.75) is 13.3 Å². The van der Waals surface area contributed by atoms with Crippen LogP contribution in [0.1, 0.15) is 16.7 Å². The average molecular weight is 367 g/mol. The van der Waals surface area contributed by atoms with E-state index in [-0.39, 0.29) is 6.61 Å². The number of hydrogen-bond donors (Lipinski definition) is 0. The summed E-state index contributed by atoms with van der Waals surface area (Å²) in [7, 11) is 0. The van der Waals surface area contributed by atoms with Crippen LogP contribution in [0.15, 0.2) is 72.8 Å². The monoisotopic (exact) mass is 366 g/mol. The van der Waals surface area contributed by atoms with E-state index in [0.717, 1.165) is 16.7 Å². The summed E-state index contributed by atoms with van der Waals surface area (Å²) in [6.45, 7) is 1.84. The first-order valence-electron chi connectivity index (χ1n) is 8.32. The molecule has 0 radical (unpaired) electrons. The molecule has 0 heterocycles. The molecule has 0 amide bonds. The van der Waals surface area contributed by atoms with Gasteiger partial charge in [0.05, 0.1) is 0 Å². The highest BCUT2D eigenvalue weighted by Crippen LogP contribution is 2.26. The summed E-state index contributed by atoms with van der Waals surface area (Å²) in [6, 6.07) is 22.7. The fourth-order valence-corrected chi connectivity index (χ4v) is 2.73. The molecule has 26 heavy (non-hydrogen) atoms. The van der Waals surface area contributed by atoms with Gasteiger partial charge in [-0.3, -0.25) is 0 Å². The highest BCUT2D eigenvalue weighted by atomic mass is 35.5. The molecule has 0 bridgehead atoms. The second kappa shape index (κ2) is 8.54. The smallest absolute Gasteiger partial charge is 0.349 e. The van der Waals surface area contributed by atoms with Gasteiger partial charge in [0.2, 0.25) is 0 Å². The maximum atomic E-state index is 12.2. The molecular weight excluding hydrogens is 348 g/mol. The molecule has 0 unspecified atom stereocenters. The molecular formula is C22H19ClO3. The van der Waals surface area contributed by atoms with Crippen molar-refractivity contribution in [3.05, 3.63) is 94.5 Å². The van der Waals surface area contributed by atoms with E-state index >= 15 is 0 Å². The zero-order chi connectivity index (χ0) is 18.4. The van der Waals surface area contributed by atoms with Crippen molar-refractivity contribution in [2.24, 2.45) is 0 Å². The van der Waals surface area contributed by atoms with E-state index in [4.69, 9.17) is 21.1 Å². The summed E-state index contributed by atoms with van der Waals surface area (Å²) in [6.07, 6.45) is 0.628. The molecule has 132 valence electrons. The van der Waals surface area contributed by atoms with E-state index < -0.39 is 5.97 Å². The molecule has 0 aliphatic rings. The first-order chi connectivity index (χ1) is 12.6. The summed E-state index contributed by atoms with van der Waals surface area (Å²) in [5.74, 6) is 0.672. The van der Waals surface area contributed by atoms with Gasteiger partial charge in [-0.25, -0.2) is 4.79 Å². The van der Waals surface area contributed by atoms with Gasteiger partial charge in [-0.2, -0.15) is 0 Å². The Morgan fingerprint density at radius 3 is 2.42 bits per heavy atom. The second-order valence-corrected chi connectivity index (χ2v) is 6.43. The van der Waals surface area contributed by atoms with Crippen LogP contribution >= 0.6 is 11.6 Å². The number of benzene rings is 3. The van der Waals surface area contributed by atoms with Crippen molar-refractivity contribution in [2.75, 3.05) is 6.61 Å². The van der Waals surface area contributed by atoms with Gasteiger partial charge in [0.1, 0.15) is 11.5 Å². The van der Waals surface area contributed by atoms with E-state index in [1.165, 1.54) is 0 Å². The molecule has 0 saturated carbocycles. The Bertz CT molecular complexity index is 874. The van der Waals surface area contributed by atoms with E-state index in [9.17, 15) is 4.79 Å². The lowest BCUT2D eigenvalue weighted by Gasteiger charge is -2.12. The zero-order valence-electron chi connectivity index (χ0n) is 14.4. The van der Waals surface area contributed by atoms with Gasteiger partial charge >= 0.3 is 5.97 Å². The summed E-state index contributed by atoms with van der Waals surface area (Å²) in [5.41, 5.74) is 3.10. The van der Waals surface area contributed by atoms with Crippen LogP contribution in [-0.4, -0.2) is 12.6 Å². The van der Waals surface area contributed by atoms with Crippen molar-refractivity contribution in [3.63, 3.8) is 0 Å². The number of ether oxygens (including phenoxy) is 2. The summed E-state index contributed by atoms with van der Waals surface area (Å²) >= 11 is 6.11. The number of hydrogen-bond acceptors (Lipinski definition) is 3. The van der Waals surface area contributed by atoms with Gasteiger partial charge in [-0.15, -0.1) is 0 Å². The fraction of sp³-hybridized carbons (Fsp3) is 0.136. The fourth-order valence-electron chi connectivity index (χ4n) is 2.53. The third-order valence-electron chi connectivity index (χ3n) is 3.86. The quantitative estimate of drug-likeness (QED) is 0.443. The van der Waals surface area contributed by atoms with Crippen molar-refractivity contribution in [1.82, 2.24) is 0 Å². The molecule has 3 aromatic rings. The molecule has 4 heteroatoms. The van der Waals surface area contributed by atoms with Crippen LogP contribution in [0.5, 0.6) is 11.5 Å². The number of halogens is 1. The lowest BCUT2D eigenvalue weighted by Crippen LogP contribution is -2.18. The Hall–Kier alpha value is -2.78. The highest BCUT2D eigenvalue weighted by molar-refractivity contribution is 6.30. The summed E-state index contributed by atoms with van der Waals surface area (Å²) in [5, 5.41) is 0.603. The third kappa shape index (κ3) is 5.11. The molecule has 0 fully saturated rings. The van der Waals surface area contributed by atoms with Crippen molar-refractivity contribution < 1.29 is 14.3 Å². The topological polar surface area (TPSA) is 35.5 Å². The van der Waals surface area contributed by atoms with Crippen LogP contribution < -0.4 is 9.47 Å². The summed E-state index contributed by atoms with van der Waals surface area (Å²) < 4.78 is 11.0. The van der Waals surface area contributed by atoms with E-state index in [1.54, 1.807) is 12.1 Å². The van der Waals surface area contributed by atoms with Crippen LogP contribution in [0, 0.1) is 6.92 Å². The normalized spacial score (nSPS) is 10.4. The van der Waals surface area contributed by atoms with Crippen molar-refractivity contribution in [3.8, 4) is 11.5 Å². The van der Waals surface area contributed by atoms with Crippen LogP contribution in [0.3, 0.4) is 0 Å². The molecule has 0 aliphatic carbocycles. The minimum Gasteiger partial charge on any atom is -0.482 e. The average Bonchev–Trinajstić information content (AvgIpc) is 2.64. The predicted molar refractivity (Wildman–Crippen MR) is 103 cm³/mol. The molecule has 0 aromatic heterocycles. The number of aryl methyl sites for hydroxylation is 1. The number of rotatable bonds is 6. The molecule has 0 N–H and O–H groups in total. The van der Waals surface area contributed by atoms with Gasteiger partial charge in [0.15, 0.2) is 6.61 Å². The Kier molecular flexibility index (Phi) is 5.92. The molecule has 3 aromatic carbocycles. The lowest BCUT2D eigenvalue weighted by molar-refractivity contribution is -0.136. The SMILES string of the molecule is Cc1ccc(OCC(=O)Oc2ccc(Cl)cc2Cc2ccccc2)cc1.